The molecule has 1 fully saturated rings. The molecule has 1 aromatic rings. The zero-order valence-electron chi connectivity index (χ0n) is 10.7. The zero-order chi connectivity index (χ0) is 13.5. The Bertz CT molecular complexity index is 447. The van der Waals surface area contributed by atoms with Crippen molar-refractivity contribution in [1.29, 1.82) is 0 Å². The van der Waals surface area contributed by atoms with Gasteiger partial charge in [-0.3, -0.25) is 0 Å². The minimum atomic E-state index is -0.967. The van der Waals surface area contributed by atoms with Crippen molar-refractivity contribution in [2.24, 2.45) is 0 Å². The molecule has 2 rings (SSSR count). The fourth-order valence-electron chi connectivity index (χ4n) is 2.03. The highest BCUT2D eigenvalue weighted by Crippen LogP contribution is 2.21. The maximum absolute atomic E-state index is 10.5. The van der Waals surface area contributed by atoms with E-state index in [1.165, 1.54) is 6.42 Å². The Balaban J connectivity index is 1.96. The van der Waals surface area contributed by atoms with Crippen molar-refractivity contribution in [3.8, 4) is 5.75 Å². The third-order valence-corrected chi connectivity index (χ3v) is 3.02. The SMILES string of the molecule is O=C(O)/C=C/c1ccccc1OCC1CCCCO1. The molecule has 4 nitrogen and oxygen atoms in total. The monoisotopic (exact) mass is 262 g/mol. The third-order valence-electron chi connectivity index (χ3n) is 3.02. The summed E-state index contributed by atoms with van der Waals surface area (Å²) in [5.74, 6) is -0.278. The van der Waals surface area contributed by atoms with Crippen LogP contribution >= 0.6 is 0 Å². The van der Waals surface area contributed by atoms with Crippen LogP contribution in [0.15, 0.2) is 30.3 Å². The molecule has 4 heteroatoms. The first-order valence-electron chi connectivity index (χ1n) is 6.50. The lowest BCUT2D eigenvalue weighted by Gasteiger charge is -2.23. The molecule has 1 aliphatic heterocycles. The zero-order valence-corrected chi connectivity index (χ0v) is 10.7. The lowest BCUT2D eigenvalue weighted by Crippen LogP contribution is -2.25. The molecule has 0 bridgehead atoms. The van der Waals surface area contributed by atoms with Crippen molar-refractivity contribution in [1.82, 2.24) is 0 Å². The number of ether oxygens (including phenoxy) is 2. The molecule has 1 atom stereocenters. The van der Waals surface area contributed by atoms with E-state index < -0.39 is 5.97 Å². The summed E-state index contributed by atoms with van der Waals surface area (Å²) < 4.78 is 11.3. The van der Waals surface area contributed by atoms with Gasteiger partial charge < -0.3 is 14.6 Å². The van der Waals surface area contributed by atoms with E-state index in [4.69, 9.17) is 14.6 Å². The molecular formula is C15H18O4. The molecule has 0 aromatic heterocycles. The average Bonchev–Trinajstić information content (AvgIpc) is 2.45. The Morgan fingerprint density at radius 1 is 1.42 bits per heavy atom. The fraction of sp³-hybridized carbons (Fsp3) is 0.400. The van der Waals surface area contributed by atoms with Crippen LogP contribution in [0.1, 0.15) is 24.8 Å². The van der Waals surface area contributed by atoms with E-state index >= 15 is 0 Å². The molecule has 1 N–H and O–H groups in total. The molecule has 0 aliphatic carbocycles. The van der Waals surface area contributed by atoms with Crippen LogP contribution in [-0.2, 0) is 9.53 Å². The van der Waals surface area contributed by atoms with Gasteiger partial charge in [-0.25, -0.2) is 4.79 Å². The van der Waals surface area contributed by atoms with E-state index in [0.717, 1.165) is 31.1 Å². The highest BCUT2D eigenvalue weighted by molar-refractivity contribution is 5.85. The first kappa shape index (κ1) is 13.6. The Kier molecular flexibility index (Phi) is 4.98. The Morgan fingerprint density at radius 2 is 2.26 bits per heavy atom. The van der Waals surface area contributed by atoms with Gasteiger partial charge in [0.2, 0.25) is 0 Å². The van der Waals surface area contributed by atoms with E-state index in [1.54, 1.807) is 6.08 Å². The molecule has 0 saturated carbocycles. The van der Waals surface area contributed by atoms with Crippen LogP contribution in [0.2, 0.25) is 0 Å². The number of hydrogen-bond acceptors (Lipinski definition) is 3. The van der Waals surface area contributed by atoms with Crippen LogP contribution in [0, 0.1) is 0 Å². The molecule has 1 heterocycles. The number of hydrogen-bond donors (Lipinski definition) is 1. The van der Waals surface area contributed by atoms with Gasteiger partial charge in [-0.1, -0.05) is 18.2 Å². The van der Waals surface area contributed by atoms with Gasteiger partial charge in [0.1, 0.15) is 12.4 Å². The van der Waals surface area contributed by atoms with Crippen molar-refractivity contribution in [2.45, 2.75) is 25.4 Å². The quantitative estimate of drug-likeness (QED) is 0.829. The van der Waals surface area contributed by atoms with Gasteiger partial charge in [-0.05, 0) is 31.4 Å². The van der Waals surface area contributed by atoms with Gasteiger partial charge in [-0.15, -0.1) is 0 Å². The number of benzene rings is 1. The Morgan fingerprint density at radius 3 is 3.00 bits per heavy atom. The van der Waals surface area contributed by atoms with Crippen molar-refractivity contribution < 1.29 is 19.4 Å². The number of carbonyl (C=O) groups is 1. The summed E-state index contributed by atoms with van der Waals surface area (Å²) in [4.78, 5) is 10.5. The third kappa shape index (κ3) is 4.41. The molecule has 1 aromatic carbocycles. The van der Waals surface area contributed by atoms with E-state index in [2.05, 4.69) is 0 Å². The lowest BCUT2D eigenvalue weighted by molar-refractivity contribution is -0.131. The number of rotatable bonds is 5. The van der Waals surface area contributed by atoms with Gasteiger partial charge in [0.05, 0.1) is 6.10 Å². The number of carboxylic acid groups (broad SMARTS) is 1. The lowest BCUT2D eigenvalue weighted by atomic mass is 10.1. The molecule has 0 spiro atoms. The summed E-state index contributed by atoms with van der Waals surface area (Å²) in [6.45, 7) is 1.31. The molecule has 0 radical (unpaired) electrons. The Labute approximate surface area is 112 Å². The highest BCUT2D eigenvalue weighted by atomic mass is 16.5. The van der Waals surface area contributed by atoms with Crippen LogP contribution in [0.3, 0.4) is 0 Å². The smallest absolute Gasteiger partial charge is 0.328 e. The molecule has 1 aliphatic rings. The van der Waals surface area contributed by atoms with Crippen LogP contribution in [0.25, 0.3) is 6.08 Å². The summed E-state index contributed by atoms with van der Waals surface area (Å²) in [6.07, 6.45) is 6.11. The Hall–Kier alpha value is -1.81. The van der Waals surface area contributed by atoms with E-state index in [0.29, 0.717) is 12.4 Å². The molecule has 1 saturated heterocycles. The van der Waals surface area contributed by atoms with Crippen molar-refractivity contribution in [2.75, 3.05) is 13.2 Å². The minimum Gasteiger partial charge on any atom is -0.490 e. The highest BCUT2D eigenvalue weighted by Gasteiger charge is 2.14. The normalized spacial score (nSPS) is 19.5. The summed E-state index contributed by atoms with van der Waals surface area (Å²) >= 11 is 0. The summed E-state index contributed by atoms with van der Waals surface area (Å²) in [6, 6.07) is 7.39. The number of carboxylic acids is 1. The first-order chi connectivity index (χ1) is 9.25. The molecule has 0 amide bonds. The van der Waals surface area contributed by atoms with E-state index in [-0.39, 0.29) is 6.10 Å². The summed E-state index contributed by atoms with van der Waals surface area (Å²) in [5.41, 5.74) is 0.765. The second kappa shape index (κ2) is 6.95. The molecular weight excluding hydrogens is 244 g/mol. The largest absolute Gasteiger partial charge is 0.490 e. The van der Waals surface area contributed by atoms with Gasteiger partial charge in [-0.2, -0.15) is 0 Å². The number of para-hydroxylation sites is 1. The average molecular weight is 262 g/mol. The molecule has 102 valence electrons. The van der Waals surface area contributed by atoms with Gasteiger partial charge in [0.25, 0.3) is 0 Å². The maximum Gasteiger partial charge on any atom is 0.328 e. The van der Waals surface area contributed by atoms with Gasteiger partial charge >= 0.3 is 5.97 Å². The topological polar surface area (TPSA) is 55.8 Å². The van der Waals surface area contributed by atoms with E-state index in [9.17, 15) is 4.79 Å². The van der Waals surface area contributed by atoms with E-state index in [1.807, 2.05) is 24.3 Å². The van der Waals surface area contributed by atoms with Crippen molar-refractivity contribution >= 4 is 12.0 Å². The van der Waals surface area contributed by atoms with Gasteiger partial charge in [0, 0.05) is 18.2 Å². The maximum atomic E-state index is 10.5. The van der Waals surface area contributed by atoms with Crippen LogP contribution in [0.4, 0.5) is 0 Å². The summed E-state index contributed by atoms with van der Waals surface area (Å²) in [5, 5.41) is 8.65. The van der Waals surface area contributed by atoms with Crippen LogP contribution in [0.5, 0.6) is 5.75 Å². The second-order valence-electron chi connectivity index (χ2n) is 4.51. The van der Waals surface area contributed by atoms with Crippen molar-refractivity contribution in [3.63, 3.8) is 0 Å². The molecule has 1 unspecified atom stereocenters. The van der Waals surface area contributed by atoms with Crippen LogP contribution < -0.4 is 4.74 Å². The second-order valence-corrected chi connectivity index (χ2v) is 4.51. The first-order valence-corrected chi connectivity index (χ1v) is 6.50. The van der Waals surface area contributed by atoms with Crippen LogP contribution in [-0.4, -0.2) is 30.4 Å². The standard InChI is InChI=1S/C15H18O4/c16-15(17)9-8-12-5-1-2-7-14(12)19-11-13-6-3-4-10-18-13/h1-2,5,7-9,13H,3-4,6,10-11H2,(H,16,17)/b9-8+. The van der Waals surface area contributed by atoms with Crippen molar-refractivity contribution in [3.05, 3.63) is 35.9 Å². The minimum absolute atomic E-state index is 0.144. The predicted octanol–water partition coefficient (Wildman–Crippen LogP) is 2.73. The fourth-order valence-corrected chi connectivity index (χ4v) is 2.03. The molecule has 19 heavy (non-hydrogen) atoms. The summed E-state index contributed by atoms with van der Waals surface area (Å²) in [7, 11) is 0. The predicted molar refractivity (Wildman–Crippen MR) is 72.2 cm³/mol. The van der Waals surface area contributed by atoms with Gasteiger partial charge in [0.15, 0.2) is 0 Å². The number of aliphatic carboxylic acids is 1.